The number of carbonyl (C=O) groups excluding carboxylic acids is 1. The Morgan fingerprint density at radius 1 is 1.43 bits per heavy atom. The first-order chi connectivity index (χ1) is 3.06. The van der Waals surface area contributed by atoms with E-state index in [-0.39, 0.29) is 6.47 Å². The van der Waals surface area contributed by atoms with E-state index in [4.69, 9.17) is 33.7 Å². The van der Waals surface area contributed by atoms with Gasteiger partial charge in [0.25, 0.3) is 0 Å². The van der Waals surface area contributed by atoms with Crippen molar-refractivity contribution in [3.63, 3.8) is 0 Å². The molecule has 0 amide bonds. The van der Waals surface area contributed by atoms with Crippen LogP contribution in [0.3, 0.4) is 0 Å². The molecular weight excluding hydrogens is 181 g/mol. The number of hydrogen-bond acceptors (Lipinski definition) is 2. The Morgan fingerprint density at radius 3 is 1.86 bits per heavy atom. The van der Waals surface area contributed by atoms with Crippen LogP contribution in [0.25, 0.3) is 0 Å². The van der Waals surface area contributed by atoms with Crippen molar-refractivity contribution in [1.29, 1.82) is 0 Å². The van der Waals surface area contributed by atoms with E-state index in [0.717, 1.165) is 0 Å². The van der Waals surface area contributed by atoms with Gasteiger partial charge >= 0.3 is 55.1 Å². The molecule has 2 nitrogen and oxygen atoms in total. The monoisotopic (exact) mass is 182 g/mol. The molecule has 7 heavy (non-hydrogen) atoms. The molecular formula is CH2Cl3O2P. The third-order valence-electron chi connectivity index (χ3n) is 0.182. The molecule has 0 unspecified atom stereocenters. The Kier molecular flexibility index (Phi) is 3.25. The van der Waals surface area contributed by atoms with Gasteiger partial charge < -0.3 is 0 Å². The summed E-state index contributed by atoms with van der Waals surface area (Å²) in [5.41, 5.74) is -3.11. The van der Waals surface area contributed by atoms with E-state index in [2.05, 4.69) is 4.52 Å². The van der Waals surface area contributed by atoms with Crippen molar-refractivity contribution in [2.75, 3.05) is 0 Å². The van der Waals surface area contributed by atoms with Crippen molar-refractivity contribution >= 4 is 45.7 Å². The van der Waals surface area contributed by atoms with Crippen molar-refractivity contribution in [2.45, 2.75) is 0 Å². The van der Waals surface area contributed by atoms with Gasteiger partial charge in [-0.05, 0) is 0 Å². The SMILES string of the molecule is O=CO[PH](Cl)(Cl)Cl. The van der Waals surface area contributed by atoms with Gasteiger partial charge in [-0.2, -0.15) is 0 Å². The molecule has 6 heteroatoms. The summed E-state index contributed by atoms with van der Waals surface area (Å²) in [6, 6.07) is 0. The van der Waals surface area contributed by atoms with E-state index in [1.807, 2.05) is 0 Å². The van der Waals surface area contributed by atoms with Crippen LogP contribution in [0.1, 0.15) is 0 Å². The van der Waals surface area contributed by atoms with Crippen molar-refractivity contribution in [2.24, 2.45) is 0 Å². The first-order valence-corrected chi connectivity index (χ1v) is 6.19. The average molecular weight is 183 g/mol. The summed E-state index contributed by atoms with van der Waals surface area (Å²) in [6.07, 6.45) is 0. The molecule has 0 aromatic rings. The standard InChI is InChI=1S/CH2Cl3O2P/c2-7(3,4)6-1-5/h1,7H. The molecule has 0 rings (SSSR count). The molecule has 0 atom stereocenters. The van der Waals surface area contributed by atoms with Crippen LogP contribution < -0.4 is 0 Å². The third-order valence-corrected chi connectivity index (χ3v) is 1.35. The van der Waals surface area contributed by atoms with Gasteiger partial charge in [0.05, 0.1) is 0 Å². The molecule has 0 spiro atoms. The molecule has 0 saturated carbocycles. The summed E-state index contributed by atoms with van der Waals surface area (Å²) in [5, 5.41) is 0. The molecule has 0 bridgehead atoms. The van der Waals surface area contributed by atoms with Gasteiger partial charge in [0.1, 0.15) is 0 Å². The molecule has 0 aromatic carbocycles. The van der Waals surface area contributed by atoms with Crippen LogP contribution in [0.15, 0.2) is 0 Å². The molecule has 0 fully saturated rings. The fourth-order valence-electron chi connectivity index (χ4n) is 0.0546. The quantitative estimate of drug-likeness (QED) is 0.485. The average Bonchev–Trinajstić information content (AvgIpc) is 1.30. The molecule has 0 aliphatic rings. The zero-order chi connectivity index (χ0) is 5.91. The molecule has 0 radical (unpaired) electrons. The molecule has 0 N–H and O–H groups in total. The molecule has 0 aliphatic heterocycles. The second-order valence-electron chi connectivity index (χ2n) is 0.660. The zero-order valence-corrected chi connectivity index (χ0v) is 6.30. The van der Waals surface area contributed by atoms with Crippen molar-refractivity contribution in [1.82, 2.24) is 0 Å². The first-order valence-electron chi connectivity index (χ1n) is 1.24. The van der Waals surface area contributed by atoms with E-state index in [0.29, 0.717) is 0 Å². The van der Waals surface area contributed by atoms with Crippen LogP contribution in [0.2, 0.25) is 0 Å². The van der Waals surface area contributed by atoms with E-state index in [1.165, 1.54) is 0 Å². The minimum atomic E-state index is -3.11. The van der Waals surface area contributed by atoms with Crippen LogP contribution in [0, 0.1) is 0 Å². The van der Waals surface area contributed by atoms with Gasteiger partial charge in [-0.15, -0.1) is 0 Å². The summed E-state index contributed by atoms with van der Waals surface area (Å²) in [4.78, 5) is 9.38. The van der Waals surface area contributed by atoms with E-state index >= 15 is 0 Å². The third kappa shape index (κ3) is 6.77. The number of rotatable bonds is 2. The van der Waals surface area contributed by atoms with Gasteiger partial charge in [-0.25, -0.2) is 0 Å². The maximum absolute atomic E-state index is 9.38. The maximum atomic E-state index is 9.38. The molecule has 44 valence electrons. The van der Waals surface area contributed by atoms with E-state index in [1.54, 1.807) is 0 Å². The molecule has 0 heterocycles. The van der Waals surface area contributed by atoms with Crippen molar-refractivity contribution in [3.05, 3.63) is 0 Å². The minimum absolute atomic E-state index is 0.124. The predicted octanol–water partition coefficient (Wildman–Crippen LogP) is 2.29. The zero-order valence-electron chi connectivity index (χ0n) is 3.03. The molecule has 0 aliphatic carbocycles. The van der Waals surface area contributed by atoms with Crippen LogP contribution in [-0.4, -0.2) is 6.47 Å². The second kappa shape index (κ2) is 2.93. The van der Waals surface area contributed by atoms with Gasteiger partial charge in [0, 0.05) is 0 Å². The first kappa shape index (κ1) is 7.77. The Balaban J connectivity index is 3.34. The predicted molar refractivity (Wildman–Crippen MR) is 33.0 cm³/mol. The Hall–Kier alpha value is 0.770. The van der Waals surface area contributed by atoms with Crippen LogP contribution in [-0.2, 0) is 9.32 Å². The molecule has 0 saturated heterocycles. The Bertz CT molecular complexity index is 67.8. The van der Waals surface area contributed by atoms with Gasteiger partial charge in [-0.1, -0.05) is 0 Å². The summed E-state index contributed by atoms with van der Waals surface area (Å²) < 4.78 is 3.98. The second-order valence-corrected chi connectivity index (χ2v) is 8.32. The molecule has 0 aromatic heterocycles. The van der Waals surface area contributed by atoms with Crippen LogP contribution in [0.4, 0.5) is 0 Å². The number of hydrogen-bond donors (Lipinski definition) is 0. The fourth-order valence-corrected chi connectivity index (χ4v) is 0.491. The van der Waals surface area contributed by atoms with Crippen molar-refractivity contribution < 1.29 is 9.32 Å². The Morgan fingerprint density at radius 2 is 1.86 bits per heavy atom. The van der Waals surface area contributed by atoms with E-state index in [9.17, 15) is 4.79 Å². The summed E-state index contributed by atoms with van der Waals surface area (Å²) in [6.45, 7) is 0.124. The summed E-state index contributed by atoms with van der Waals surface area (Å²) in [7, 11) is 0. The normalized spacial score (nSPS) is 13.0. The van der Waals surface area contributed by atoms with E-state index < -0.39 is 5.55 Å². The Labute approximate surface area is 55.5 Å². The number of halogens is 3. The number of carbonyl (C=O) groups is 1. The summed E-state index contributed by atoms with van der Waals surface area (Å²) in [5.74, 6) is 0. The topological polar surface area (TPSA) is 26.3 Å². The van der Waals surface area contributed by atoms with Gasteiger partial charge in [0.2, 0.25) is 0 Å². The summed E-state index contributed by atoms with van der Waals surface area (Å²) >= 11 is 15.1. The van der Waals surface area contributed by atoms with Gasteiger partial charge in [-0.3, -0.25) is 0 Å². The fraction of sp³-hybridized carbons (Fsp3) is 0. The van der Waals surface area contributed by atoms with Crippen LogP contribution in [0.5, 0.6) is 0 Å². The van der Waals surface area contributed by atoms with Gasteiger partial charge in [0.15, 0.2) is 0 Å². The van der Waals surface area contributed by atoms with Crippen molar-refractivity contribution in [3.8, 4) is 0 Å². The van der Waals surface area contributed by atoms with Crippen LogP contribution >= 0.6 is 39.3 Å².